The monoisotopic (exact) mass is 1240 g/mol. The molecule has 0 bridgehead atoms. The van der Waals surface area contributed by atoms with E-state index in [2.05, 4.69) is 246 Å². The molecule has 0 atom stereocenters. The van der Waals surface area contributed by atoms with Crippen molar-refractivity contribution in [2.75, 3.05) is 13.2 Å². The van der Waals surface area contributed by atoms with Crippen LogP contribution in [-0.2, 0) is 32.5 Å². The first-order valence-corrected chi connectivity index (χ1v) is 33.2. The Kier molecular flexibility index (Phi) is 17.2. The zero-order valence-corrected chi connectivity index (χ0v) is 59.5. The Morgan fingerprint density at radius 3 is 1.07 bits per heavy atom. The minimum absolute atomic E-state index is 0.0132. The van der Waals surface area contributed by atoms with Crippen LogP contribution in [0.4, 0.5) is 8.78 Å². The predicted molar refractivity (Wildman–Crippen MR) is 385 cm³/mol. The van der Waals surface area contributed by atoms with Crippen LogP contribution in [0, 0.1) is 29.4 Å². The van der Waals surface area contributed by atoms with Crippen molar-refractivity contribution in [1.82, 2.24) is 9.13 Å². The highest BCUT2D eigenvalue weighted by molar-refractivity contribution is 6.11. The van der Waals surface area contributed by atoms with Gasteiger partial charge in [-0.25, -0.2) is 8.78 Å². The Balaban J connectivity index is 1.06. The number of hydrogen-bond donors (Lipinski definition) is 2. The maximum atomic E-state index is 16.3. The van der Waals surface area contributed by atoms with Gasteiger partial charge >= 0.3 is 0 Å². The molecular weight excluding hydrogens is 1140 g/mol. The van der Waals surface area contributed by atoms with Crippen molar-refractivity contribution in [3.05, 3.63) is 178 Å². The fourth-order valence-corrected chi connectivity index (χ4v) is 14.4. The minimum Gasteiger partial charge on any atom is -0.505 e. The number of aromatic nitrogens is 2. The first-order valence-electron chi connectivity index (χ1n) is 33.2. The van der Waals surface area contributed by atoms with Crippen LogP contribution in [0.15, 0.2) is 127 Å². The molecule has 0 radical (unpaired) electrons. The number of rotatable bonds is 14. The highest BCUT2D eigenvalue weighted by atomic mass is 19.1. The highest BCUT2D eigenvalue weighted by Gasteiger charge is 2.34. The van der Waals surface area contributed by atoms with Crippen LogP contribution < -0.4 is 9.47 Å². The van der Waals surface area contributed by atoms with E-state index in [9.17, 15) is 10.2 Å². The Morgan fingerprint density at radius 2 is 0.707 bits per heavy atom. The fourth-order valence-electron chi connectivity index (χ4n) is 14.4. The summed E-state index contributed by atoms with van der Waals surface area (Å²) >= 11 is 0. The molecule has 0 aliphatic rings. The van der Waals surface area contributed by atoms with Gasteiger partial charge in [0, 0.05) is 50.2 Å². The summed E-state index contributed by atoms with van der Waals surface area (Å²) in [7, 11) is 0. The second-order valence-electron chi connectivity index (χ2n) is 34.4. The molecule has 0 aliphatic carbocycles. The van der Waals surface area contributed by atoms with Crippen molar-refractivity contribution in [2.45, 2.75) is 211 Å². The maximum Gasteiger partial charge on any atom is 0.147 e. The highest BCUT2D eigenvalue weighted by Crippen LogP contribution is 2.51. The van der Waals surface area contributed by atoms with E-state index in [0.29, 0.717) is 57.1 Å². The van der Waals surface area contributed by atoms with Crippen molar-refractivity contribution >= 4 is 43.6 Å². The minimum atomic E-state index is -0.462. The van der Waals surface area contributed by atoms with Crippen molar-refractivity contribution in [3.63, 3.8) is 0 Å². The quantitative estimate of drug-likeness (QED) is 0.106. The van der Waals surface area contributed by atoms with Crippen molar-refractivity contribution in [2.24, 2.45) is 10.8 Å². The standard InChI is InChI=1S/C84H102F2N2O4/c1-50-37-58(86)47-66(65-39-56(84(22,23)49-78(5,6)7)45-72(75(65)90)88-69-42-53(81(14,15)16)27-32-61(69)62-33-28-54(43-70(62)88)82(17,18)19)76(50)92-36-24-35-91-73-34-29-57(85)46-63(73)64-38-55(83(20,21)48-77(2,3)4)44-71(74(64)89)87-67-40-51(79(8,9)10)25-30-59(67)60-31-26-52(41-68(60)87)80(11,12)13/h25-34,37-47,89-90H,24,35-36,48-49H2,1-23H3. The van der Waals surface area contributed by atoms with E-state index >= 15 is 8.78 Å². The number of benzene rings is 8. The number of nitrogens with zero attached hydrogens (tertiary/aromatic N) is 2. The lowest BCUT2D eigenvalue weighted by Gasteiger charge is -2.34. The molecule has 0 aliphatic heterocycles. The average Bonchev–Trinajstić information content (AvgIpc) is 1.55. The molecule has 2 aromatic heterocycles. The van der Waals surface area contributed by atoms with E-state index in [4.69, 9.17) is 9.47 Å². The second kappa shape index (κ2) is 23.5. The van der Waals surface area contributed by atoms with Crippen LogP contribution in [-0.4, -0.2) is 32.6 Å². The van der Waals surface area contributed by atoms with Gasteiger partial charge < -0.3 is 28.8 Å². The lowest BCUT2D eigenvalue weighted by Crippen LogP contribution is -2.25. The summed E-state index contributed by atoms with van der Waals surface area (Å²) in [5.74, 6) is -0.0158. The Labute approximate surface area is 548 Å². The predicted octanol–water partition coefficient (Wildman–Crippen LogP) is 23.7. The molecule has 0 saturated heterocycles. The molecule has 2 heterocycles. The van der Waals surface area contributed by atoms with Gasteiger partial charge in [0.25, 0.3) is 0 Å². The molecule has 92 heavy (non-hydrogen) atoms. The van der Waals surface area contributed by atoms with Crippen LogP contribution in [0.2, 0.25) is 0 Å². The molecule has 0 saturated carbocycles. The molecule has 0 fully saturated rings. The number of aromatic hydroxyl groups is 2. The van der Waals surface area contributed by atoms with Crippen LogP contribution >= 0.6 is 0 Å². The van der Waals surface area contributed by atoms with Gasteiger partial charge in [-0.3, -0.25) is 0 Å². The zero-order valence-electron chi connectivity index (χ0n) is 59.5. The largest absolute Gasteiger partial charge is 0.505 e. The van der Waals surface area contributed by atoms with Gasteiger partial charge in [0.05, 0.1) is 46.7 Å². The number of ether oxygens (including phenoxy) is 2. The van der Waals surface area contributed by atoms with Crippen LogP contribution in [0.25, 0.3) is 77.2 Å². The summed E-state index contributed by atoms with van der Waals surface area (Å²) in [6.45, 7) is 51.3. The number of halogens is 2. The molecule has 0 spiro atoms. The summed E-state index contributed by atoms with van der Waals surface area (Å²) in [5, 5.41) is 30.7. The summed E-state index contributed by atoms with van der Waals surface area (Å²) < 4.78 is 50.3. The van der Waals surface area contributed by atoms with Crippen molar-refractivity contribution < 1.29 is 28.5 Å². The van der Waals surface area contributed by atoms with E-state index < -0.39 is 11.6 Å². The second-order valence-corrected chi connectivity index (χ2v) is 34.4. The van der Waals surface area contributed by atoms with E-state index in [-0.39, 0.29) is 68.0 Å². The summed E-state index contributed by atoms with van der Waals surface area (Å²) in [5.41, 5.74) is 12.7. The van der Waals surface area contributed by atoms with Gasteiger partial charge in [-0.15, -0.1) is 0 Å². The van der Waals surface area contributed by atoms with Crippen molar-refractivity contribution in [3.8, 4) is 56.6 Å². The number of phenols is 2. The van der Waals surface area contributed by atoms with Gasteiger partial charge in [0.2, 0.25) is 0 Å². The third-order valence-electron chi connectivity index (χ3n) is 18.7. The average molecular weight is 1240 g/mol. The number of aryl methyl sites for hydroxylation is 1. The number of phenolic OH excluding ortho intramolecular Hbond substituents is 2. The molecule has 2 N–H and O–H groups in total. The molecule has 8 heteroatoms. The summed E-state index contributed by atoms with van der Waals surface area (Å²) in [6.07, 6.45) is 2.06. The smallest absolute Gasteiger partial charge is 0.147 e. The molecule has 6 nitrogen and oxygen atoms in total. The molecule has 0 amide bonds. The lowest BCUT2D eigenvalue weighted by atomic mass is 9.71. The van der Waals surface area contributed by atoms with Crippen LogP contribution in [0.1, 0.15) is 211 Å². The topological polar surface area (TPSA) is 68.8 Å². The first-order chi connectivity index (χ1) is 42.4. The van der Waals surface area contributed by atoms with Gasteiger partial charge in [-0.1, -0.05) is 201 Å². The fraction of sp³-hybridized carbons (Fsp3) is 0.429. The first kappa shape index (κ1) is 67.3. The normalized spacial score (nSPS) is 13.4. The van der Waals surface area contributed by atoms with E-state index in [1.807, 2.05) is 19.1 Å². The Hall–Kier alpha value is -7.58. The third kappa shape index (κ3) is 13.5. The Bertz CT molecular complexity index is 4340. The summed E-state index contributed by atoms with van der Waals surface area (Å²) in [6, 6.07) is 42.6. The SMILES string of the molecule is Cc1cc(F)cc(-c2cc(C(C)(C)CC(C)(C)C)cc(-n3c4cc(C(C)(C)C)ccc4c4ccc(C(C)(C)C)cc43)c2O)c1OCCCOc1ccc(F)cc1-c1cc(C(C)(C)CC(C)(C)C)cc(-n2c3cc(C(C)(C)C)ccc3c3ccc(C(C)(C)C)cc32)c1O. The number of hydrogen-bond acceptors (Lipinski definition) is 4. The van der Waals surface area contributed by atoms with E-state index in [1.54, 1.807) is 6.07 Å². The van der Waals surface area contributed by atoms with E-state index in [1.165, 1.54) is 46.5 Å². The molecule has 10 rings (SSSR count). The molecule has 10 aromatic rings. The van der Waals surface area contributed by atoms with Gasteiger partial charge in [-0.2, -0.15) is 0 Å². The molecular formula is C84H102F2N2O4. The van der Waals surface area contributed by atoms with Crippen LogP contribution in [0.3, 0.4) is 0 Å². The molecule has 8 aromatic carbocycles. The summed E-state index contributed by atoms with van der Waals surface area (Å²) in [4.78, 5) is 0. The number of fused-ring (bicyclic) bond motifs is 6. The maximum absolute atomic E-state index is 16.3. The van der Waals surface area contributed by atoms with E-state index in [0.717, 1.165) is 67.6 Å². The van der Waals surface area contributed by atoms with Crippen LogP contribution in [0.5, 0.6) is 23.0 Å². The lowest BCUT2D eigenvalue weighted by molar-refractivity contribution is 0.247. The molecule has 486 valence electrons. The van der Waals surface area contributed by atoms with Gasteiger partial charge in [0.15, 0.2) is 0 Å². The van der Waals surface area contributed by atoms with Crippen molar-refractivity contribution in [1.29, 1.82) is 0 Å². The zero-order chi connectivity index (χ0) is 67.5. The Morgan fingerprint density at radius 1 is 0.359 bits per heavy atom. The van der Waals surface area contributed by atoms with Gasteiger partial charge in [-0.05, 0) is 181 Å². The third-order valence-corrected chi connectivity index (χ3v) is 18.7. The van der Waals surface area contributed by atoms with Gasteiger partial charge in [0.1, 0.15) is 34.6 Å². The molecule has 0 unspecified atom stereocenters.